The van der Waals surface area contributed by atoms with Gasteiger partial charge in [0, 0.05) is 11.4 Å². The van der Waals surface area contributed by atoms with Crippen LogP contribution in [0.2, 0.25) is 5.15 Å². The van der Waals surface area contributed by atoms with Crippen LogP contribution in [0.25, 0.3) is 10.9 Å². The molecule has 0 aliphatic rings. The third-order valence-corrected chi connectivity index (χ3v) is 2.73. The molecule has 0 bridgehead atoms. The van der Waals surface area contributed by atoms with Crippen LogP contribution in [0.5, 0.6) is 0 Å². The van der Waals surface area contributed by atoms with Crippen molar-refractivity contribution in [2.45, 2.75) is 26.8 Å². The Labute approximate surface area is 88.5 Å². The van der Waals surface area contributed by atoms with E-state index in [9.17, 15) is 0 Å². The Kier molecular flexibility index (Phi) is 2.23. The van der Waals surface area contributed by atoms with Gasteiger partial charge in [-0.3, -0.25) is 4.68 Å². The summed E-state index contributed by atoms with van der Waals surface area (Å²) in [5.74, 6) is 0. The highest BCUT2D eigenvalue weighted by Crippen LogP contribution is 2.27. The van der Waals surface area contributed by atoms with Gasteiger partial charge in [-0.1, -0.05) is 23.7 Å². The van der Waals surface area contributed by atoms with Crippen LogP contribution in [0.1, 0.15) is 25.5 Å². The topological polar surface area (TPSA) is 17.8 Å². The second-order valence-corrected chi connectivity index (χ2v) is 4.16. The van der Waals surface area contributed by atoms with E-state index in [-0.39, 0.29) is 0 Å². The van der Waals surface area contributed by atoms with Crippen molar-refractivity contribution in [1.82, 2.24) is 9.78 Å². The van der Waals surface area contributed by atoms with E-state index in [0.29, 0.717) is 6.04 Å². The lowest BCUT2D eigenvalue weighted by atomic mass is 10.2. The summed E-state index contributed by atoms with van der Waals surface area (Å²) in [4.78, 5) is 0. The lowest BCUT2D eigenvalue weighted by Gasteiger charge is -2.05. The van der Waals surface area contributed by atoms with Crippen LogP contribution >= 0.6 is 11.6 Å². The molecule has 3 heteroatoms. The second-order valence-electron chi connectivity index (χ2n) is 3.80. The summed E-state index contributed by atoms with van der Waals surface area (Å²) in [5, 5.41) is 6.27. The summed E-state index contributed by atoms with van der Waals surface area (Å²) in [5.41, 5.74) is 2.18. The average molecular weight is 209 g/mol. The number of aryl methyl sites for hydroxylation is 1. The smallest absolute Gasteiger partial charge is 0.135 e. The molecule has 1 heterocycles. The quantitative estimate of drug-likeness (QED) is 0.701. The van der Waals surface area contributed by atoms with Crippen molar-refractivity contribution in [2.75, 3.05) is 0 Å². The first-order chi connectivity index (χ1) is 6.61. The standard InChI is InChI=1S/C11H13ClN2/c1-7(2)14-11(12)9-6-4-5-8(3)10(9)13-14/h4-7H,1-3H3. The van der Waals surface area contributed by atoms with Gasteiger partial charge in [-0.15, -0.1) is 0 Å². The maximum atomic E-state index is 6.22. The van der Waals surface area contributed by atoms with Crippen LogP contribution in [0.3, 0.4) is 0 Å². The minimum atomic E-state index is 0.300. The van der Waals surface area contributed by atoms with Crippen molar-refractivity contribution in [3.63, 3.8) is 0 Å². The highest BCUT2D eigenvalue weighted by atomic mass is 35.5. The van der Waals surface area contributed by atoms with Gasteiger partial charge in [0.15, 0.2) is 0 Å². The van der Waals surface area contributed by atoms with Crippen molar-refractivity contribution in [2.24, 2.45) is 0 Å². The molecule has 74 valence electrons. The van der Waals surface area contributed by atoms with Crippen molar-refractivity contribution < 1.29 is 0 Å². The number of fused-ring (bicyclic) bond motifs is 1. The number of benzene rings is 1. The van der Waals surface area contributed by atoms with Gasteiger partial charge in [0.1, 0.15) is 5.15 Å². The number of hydrogen-bond donors (Lipinski definition) is 0. The van der Waals surface area contributed by atoms with E-state index in [0.717, 1.165) is 16.1 Å². The molecule has 0 atom stereocenters. The highest BCUT2D eigenvalue weighted by Gasteiger charge is 2.11. The summed E-state index contributed by atoms with van der Waals surface area (Å²) in [7, 11) is 0. The van der Waals surface area contributed by atoms with Gasteiger partial charge in [0.25, 0.3) is 0 Å². The molecule has 0 amide bonds. The lowest BCUT2D eigenvalue weighted by molar-refractivity contribution is 0.538. The molecule has 0 saturated carbocycles. The molecule has 0 radical (unpaired) electrons. The third kappa shape index (κ3) is 1.30. The molecular formula is C11H13ClN2. The van der Waals surface area contributed by atoms with Gasteiger partial charge < -0.3 is 0 Å². The predicted octanol–water partition coefficient (Wildman–Crippen LogP) is 3.58. The van der Waals surface area contributed by atoms with Gasteiger partial charge in [0.05, 0.1) is 5.52 Å². The Morgan fingerprint density at radius 3 is 2.64 bits per heavy atom. The summed E-state index contributed by atoms with van der Waals surface area (Å²) in [6.07, 6.45) is 0. The van der Waals surface area contributed by atoms with E-state index in [4.69, 9.17) is 11.6 Å². The Hall–Kier alpha value is -1.02. The molecule has 0 fully saturated rings. The predicted molar refractivity (Wildman–Crippen MR) is 59.9 cm³/mol. The van der Waals surface area contributed by atoms with Gasteiger partial charge in [-0.05, 0) is 32.4 Å². The summed E-state index contributed by atoms with van der Waals surface area (Å²) >= 11 is 6.22. The summed E-state index contributed by atoms with van der Waals surface area (Å²) < 4.78 is 1.86. The van der Waals surface area contributed by atoms with E-state index < -0.39 is 0 Å². The molecule has 2 aromatic rings. The van der Waals surface area contributed by atoms with E-state index >= 15 is 0 Å². The summed E-state index contributed by atoms with van der Waals surface area (Å²) in [6.45, 7) is 6.20. The first kappa shape index (κ1) is 9.53. The fraction of sp³-hybridized carbons (Fsp3) is 0.364. The molecule has 0 spiro atoms. The zero-order valence-corrected chi connectivity index (χ0v) is 9.34. The number of hydrogen-bond acceptors (Lipinski definition) is 1. The zero-order chi connectivity index (χ0) is 10.3. The van der Waals surface area contributed by atoms with Crippen LogP contribution in [-0.4, -0.2) is 9.78 Å². The molecule has 0 N–H and O–H groups in total. The molecule has 1 aromatic carbocycles. The first-order valence-corrected chi connectivity index (χ1v) is 5.12. The largest absolute Gasteiger partial charge is 0.250 e. The minimum Gasteiger partial charge on any atom is -0.250 e. The van der Waals surface area contributed by atoms with Crippen LogP contribution < -0.4 is 0 Å². The number of aromatic nitrogens is 2. The van der Waals surface area contributed by atoms with Crippen molar-refractivity contribution in [1.29, 1.82) is 0 Å². The summed E-state index contributed by atoms with van der Waals surface area (Å²) in [6, 6.07) is 6.37. The Bertz CT molecular complexity index is 471. The van der Waals surface area contributed by atoms with E-state index in [1.54, 1.807) is 0 Å². The monoisotopic (exact) mass is 208 g/mol. The fourth-order valence-electron chi connectivity index (χ4n) is 1.58. The average Bonchev–Trinajstić information content (AvgIpc) is 2.46. The van der Waals surface area contributed by atoms with Crippen molar-refractivity contribution >= 4 is 22.5 Å². The van der Waals surface area contributed by atoms with Gasteiger partial charge in [-0.25, -0.2) is 0 Å². The van der Waals surface area contributed by atoms with Crippen LogP contribution in [0.15, 0.2) is 18.2 Å². The molecule has 2 nitrogen and oxygen atoms in total. The molecule has 1 aromatic heterocycles. The molecular weight excluding hydrogens is 196 g/mol. The van der Waals surface area contributed by atoms with E-state index in [1.807, 2.05) is 16.8 Å². The minimum absolute atomic E-state index is 0.300. The molecule has 0 saturated heterocycles. The maximum absolute atomic E-state index is 6.22. The Morgan fingerprint density at radius 1 is 1.36 bits per heavy atom. The normalized spacial score (nSPS) is 11.5. The Balaban J connectivity index is 2.80. The van der Waals surface area contributed by atoms with Crippen molar-refractivity contribution in [3.8, 4) is 0 Å². The van der Waals surface area contributed by atoms with Crippen molar-refractivity contribution in [3.05, 3.63) is 28.9 Å². The number of halogens is 1. The second kappa shape index (κ2) is 3.28. The molecule has 2 rings (SSSR count). The Morgan fingerprint density at radius 2 is 2.07 bits per heavy atom. The van der Waals surface area contributed by atoms with Gasteiger partial charge in [-0.2, -0.15) is 5.10 Å². The lowest BCUT2D eigenvalue weighted by Crippen LogP contribution is -2.02. The number of nitrogens with zero attached hydrogens (tertiary/aromatic N) is 2. The van der Waals surface area contributed by atoms with Gasteiger partial charge in [0.2, 0.25) is 0 Å². The third-order valence-electron chi connectivity index (χ3n) is 2.36. The SMILES string of the molecule is Cc1cccc2c(Cl)n(C(C)C)nc12. The van der Waals surface area contributed by atoms with E-state index in [1.165, 1.54) is 5.56 Å². The maximum Gasteiger partial charge on any atom is 0.135 e. The molecule has 0 aliphatic carbocycles. The molecule has 0 aliphatic heterocycles. The van der Waals surface area contributed by atoms with E-state index in [2.05, 4.69) is 31.9 Å². The highest BCUT2D eigenvalue weighted by molar-refractivity contribution is 6.34. The van der Waals surface area contributed by atoms with Crippen LogP contribution in [0, 0.1) is 6.92 Å². The zero-order valence-electron chi connectivity index (χ0n) is 8.58. The van der Waals surface area contributed by atoms with Crippen LogP contribution in [-0.2, 0) is 0 Å². The van der Waals surface area contributed by atoms with Gasteiger partial charge >= 0.3 is 0 Å². The first-order valence-electron chi connectivity index (χ1n) is 4.74. The fourth-order valence-corrected chi connectivity index (χ4v) is 1.96. The number of rotatable bonds is 1. The molecule has 0 unspecified atom stereocenters. The molecule has 14 heavy (non-hydrogen) atoms. The van der Waals surface area contributed by atoms with Crippen LogP contribution in [0.4, 0.5) is 0 Å².